The second kappa shape index (κ2) is 6.76. The van der Waals surface area contributed by atoms with Gasteiger partial charge in [-0.15, -0.1) is 12.4 Å². The van der Waals surface area contributed by atoms with Crippen LogP contribution in [0.3, 0.4) is 0 Å². The van der Waals surface area contributed by atoms with E-state index in [0.717, 1.165) is 24.3 Å². The van der Waals surface area contributed by atoms with Crippen molar-refractivity contribution >= 4 is 12.4 Å². The molecule has 0 aliphatic heterocycles. The van der Waals surface area contributed by atoms with Crippen molar-refractivity contribution in [3.8, 4) is 0 Å². The van der Waals surface area contributed by atoms with Gasteiger partial charge in [0.25, 0.3) is 0 Å². The fraction of sp³-hybridized carbons (Fsp3) is 0.714. The molecule has 0 aromatic heterocycles. The van der Waals surface area contributed by atoms with E-state index in [9.17, 15) is 0 Å². The van der Waals surface area contributed by atoms with Crippen molar-refractivity contribution in [2.75, 3.05) is 7.05 Å². The van der Waals surface area contributed by atoms with E-state index in [4.69, 9.17) is 0 Å². The maximum absolute atomic E-state index is 2.58. The molecule has 0 heterocycles. The molecule has 4 fully saturated rings. The van der Waals surface area contributed by atoms with Gasteiger partial charge in [-0.25, -0.2) is 0 Å². The fourth-order valence-corrected chi connectivity index (χ4v) is 6.35. The Labute approximate surface area is 148 Å². The number of benzene rings is 1. The van der Waals surface area contributed by atoms with Gasteiger partial charge in [0, 0.05) is 12.6 Å². The fourth-order valence-electron chi connectivity index (χ4n) is 6.35. The lowest BCUT2D eigenvalue weighted by Crippen LogP contribution is -2.48. The number of halogens is 1. The van der Waals surface area contributed by atoms with Crippen LogP contribution in [-0.2, 0) is 6.54 Å². The van der Waals surface area contributed by atoms with Crippen molar-refractivity contribution in [2.24, 2.45) is 23.2 Å². The molecule has 4 aliphatic carbocycles. The van der Waals surface area contributed by atoms with Crippen LogP contribution in [0.15, 0.2) is 30.3 Å². The number of hydrogen-bond donors (Lipinski definition) is 0. The lowest BCUT2D eigenvalue weighted by atomic mass is 9.48. The van der Waals surface area contributed by atoms with Gasteiger partial charge in [-0.1, -0.05) is 30.3 Å². The van der Waals surface area contributed by atoms with Crippen LogP contribution in [0.4, 0.5) is 0 Å². The van der Waals surface area contributed by atoms with E-state index in [-0.39, 0.29) is 12.4 Å². The van der Waals surface area contributed by atoms with Crippen LogP contribution in [0.1, 0.15) is 57.4 Å². The second-order valence-corrected chi connectivity index (χ2v) is 8.87. The molecule has 1 unspecified atom stereocenters. The van der Waals surface area contributed by atoms with Crippen molar-refractivity contribution in [3.05, 3.63) is 35.9 Å². The van der Waals surface area contributed by atoms with Gasteiger partial charge in [0.15, 0.2) is 0 Å². The highest BCUT2D eigenvalue weighted by Gasteiger charge is 2.51. The van der Waals surface area contributed by atoms with E-state index >= 15 is 0 Å². The first-order valence-electron chi connectivity index (χ1n) is 9.36. The molecule has 4 bridgehead atoms. The SMILES string of the molecule is CC(CC12CC3CC(CC(C3)C1)C2)N(C)Cc1ccccc1.Cl. The summed E-state index contributed by atoms with van der Waals surface area (Å²) in [5.41, 5.74) is 2.15. The molecular formula is C21H32ClN. The van der Waals surface area contributed by atoms with Crippen molar-refractivity contribution in [1.82, 2.24) is 4.90 Å². The summed E-state index contributed by atoms with van der Waals surface area (Å²) in [7, 11) is 2.32. The van der Waals surface area contributed by atoms with Crippen LogP contribution >= 0.6 is 12.4 Å². The molecule has 0 radical (unpaired) electrons. The summed E-state index contributed by atoms with van der Waals surface area (Å²) in [6.07, 6.45) is 10.8. The van der Waals surface area contributed by atoms with E-state index in [2.05, 4.69) is 49.2 Å². The molecule has 1 nitrogen and oxygen atoms in total. The quantitative estimate of drug-likeness (QED) is 0.684. The van der Waals surface area contributed by atoms with Crippen LogP contribution in [0, 0.1) is 23.2 Å². The molecule has 0 saturated heterocycles. The maximum Gasteiger partial charge on any atom is 0.0233 e. The highest BCUT2D eigenvalue weighted by Crippen LogP contribution is 2.61. The largest absolute Gasteiger partial charge is 0.299 e. The van der Waals surface area contributed by atoms with Gasteiger partial charge >= 0.3 is 0 Å². The highest BCUT2D eigenvalue weighted by molar-refractivity contribution is 5.85. The zero-order valence-electron chi connectivity index (χ0n) is 14.7. The third-order valence-electron chi connectivity index (χ3n) is 6.92. The summed E-state index contributed by atoms with van der Waals surface area (Å²) in [5.74, 6) is 3.24. The minimum absolute atomic E-state index is 0. The van der Waals surface area contributed by atoms with Crippen molar-refractivity contribution in [3.63, 3.8) is 0 Å². The van der Waals surface area contributed by atoms with E-state index in [0.29, 0.717) is 11.5 Å². The van der Waals surface area contributed by atoms with E-state index in [1.807, 2.05) is 0 Å². The average molecular weight is 334 g/mol. The van der Waals surface area contributed by atoms with Crippen LogP contribution in [0.2, 0.25) is 0 Å². The van der Waals surface area contributed by atoms with Crippen LogP contribution in [-0.4, -0.2) is 18.0 Å². The molecule has 0 spiro atoms. The standard InChI is InChI=1S/C21H31N.ClH/c1-16(22(2)15-17-6-4-3-5-7-17)11-21-12-18-8-19(13-21)10-20(9-18)14-21;/h3-7,16,18-20H,8-15H2,1-2H3;1H. The summed E-state index contributed by atoms with van der Waals surface area (Å²) in [4.78, 5) is 2.58. The molecular weight excluding hydrogens is 302 g/mol. The van der Waals surface area contributed by atoms with E-state index < -0.39 is 0 Å². The van der Waals surface area contributed by atoms with Gasteiger partial charge in [0.2, 0.25) is 0 Å². The number of nitrogens with zero attached hydrogens (tertiary/aromatic N) is 1. The third kappa shape index (κ3) is 3.61. The Hall–Kier alpha value is -0.530. The van der Waals surface area contributed by atoms with E-state index in [1.54, 1.807) is 38.5 Å². The number of rotatable bonds is 5. The Kier molecular flexibility index (Phi) is 5.09. The molecule has 1 aromatic rings. The molecule has 23 heavy (non-hydrogen) atoms. The number of hydrogen-bond acceptors (Lipinski definition) is 1. The van der Waals surface area contributed by atoms with E-state index in [1.165, 1.54) is 12.0 Å². The lowest BCUT2D eigenvalue weighted by molar-refractivity contribution is -0.0675. The van der Waals surface area contributed by atoms with Gasteiger partial charge in [-0.05, 0) is 87.6 Å². The Balaban J connectivity index is 0.00000156. The molecule has 4 aliphatic rings. The summed E-state index contributed by atoms with van der Waals surface area (Å²) in [6.45, 7) is 3.55. The summed E-state index contributed by atoms with van der Waals surface area (Å²) in [6, 6.07) is 11.7. The minimum Gasteiger partial charge on any atom is -0.299 e. The third-order valence-corrected chi connectivity index (χ3v) is 6.92. The maximum atomic E-state index is 2.58. The Morgan fingerprint density at radius 2 is 1.52 bits per heavy atom. The first-order valence-corrected chi connectivity index (χ1v) is 9.36. The first-order chi connectivity index (χ1) is 10.6. The predicted octanol–water partition coefficient (Wildman–Crippen LogP) is 5.54. The average Bonchev–Trinajstić information content (AvgIpc) is 2.46. The Morgan fingerprint density at radius 1 is 1.00 bits per heavy atom. The highest BCUT2D eigenvalue weighted by atomic mass is 35.5. The Bertz CT molecular complexity index is 477. The minimum atomic E-state index is 0. The molecule has 1 aromatic carbocycles. The van der Waals surface area contributed by atoms with Crippen LogP contribution in [0.5, 0.6) is 0 Å². The smallest absolute Gasteiger partial charge is 0.0233 e. The second-order valence-electron chi connectivity index (χ2n) is 8.87. The molecule has 0 amide bonds. The monoisotopic (exact) mass is 333 g/mol. The molecule has 128 valence electrons. The van der Waals surface area contributed by atoms with Gasteiger partial charge in [-0.2, -0.15) is 0 Å². The molecule has 4 saturated carbocycles. The molecule has 5 rings (SSSR count). The first kappa shape index (κ1) is 17.3. The normalized spacial score (nSPS) is 36.0. The van der Waals surface area contributed by atoms with Crippen molar-refractivity contribution in [2.45, 2.75) is 64.5 Å². The van der Waals surface area contributed by atoms with Gasteiger partial charge in [0.1, 0.15) is 0 Å². The van der Waals surface area contributed by atoms with Crippen molar-refractivity contribution in [1.29, 1.82) is 0 Å². The topological polar surface area (TPSA) is 3.24 Å². The molecule has 2 heteroatoms. The van der Waals surface area contributed by atoms with Gasteiger partial charge < -0.3 is 0 Å². The zero-order valence-corrected chi connectivity index (χ0v) is 15.5. The van der Waals surface area contributed by atoms with Gasteiger partial charge in [-0.3, -0.25) is 4.90 Å². The molecule has 0 N–H and O–H groups in total. The summed E-state index contributed by atoms with van der Waals surface area (Å²) < 4.78 is 0. The van der Waals surface area contributed by atoms with Gasteiger partial charge in [0.05, 0.1) is 0 Å². The van der Waals surface area contributed by atoms with Crippen molar-refractivity contribution < 1.29 is 0 Å². The summed E-state index contributed by atoms with van der Waals surface area (Å²) >= 11 is 0. The van der Waals surface area contributed by atoms with Crippen LogP contribution < -0.4 is 0 Å². The molecule has 1 atom stereocenters. The lowest BCUT2D eigenvalue weighted by Gasteiger charge is -2.58. The van der Waals surface area contributed by atoms with Crippen LogP contribution in [0.25, 0.3) is 0 Å². The summed E-state index contributed by atoms with van der Waals surface area (Å²) in [5, 5.41) is 0. The Morgan fingerprint density at radius 3 is 2.04 bits per heavy atom. The zero-order chi connectivity index (χ0) is 15.2. The predicted molar refractivity (Wildman–Crippen MR) is 99.8 cm³/mol.